The molecule has 2 aromatic heterocycles. The summed E-state index contributed by atoms with van der Waals surface area (Å²) in [5.74, 6) is 1.33. The highest BCUT2D eigenvalue weighted by Crippen LogP contribution is 2.18. The summed E-state index contributed by atoms with van der Waals surface area (Å²) in [7, 11) is 0. The number of thiazole rings is 1. The van der Waals surface area contributed by atoms with Crippen LogP contribution < -0.4 is 14.8 Å². The second-order valence-corrected chi connectivity index (χ2v) is 7.09. The van der Waals surface area contributed by atoms with Crippen LogP contribution in [0.5, 0.6) is 5.75 Å². The Morgan fingerprint density at radius 3 is 2.74 bits per heavy atom. The SMILES string of the molecule is C=CCOc1ccc(C=c2sc3nc(-c4cccc(C)c4)nn3c2=O)cc1. The van der Waals surface area contributed by atoms with Crippen molar-refractivity contribution in [1.82, 2.24) is 14.6 Å². The quantitative estimate of drug-likeness (QED) is 0.503. The summed E-state index contributed by atoms with van der Waals surface area (Å²) in [5.41, 5.74) is 2.79. The fraction of sp³-hybridized carbons (Fsp3) is 0.0952. The van der Waals surface area contributed by atoms with E-state index in [4.69, 9.17) is 4.74 Å². The number of ether oxygens (including phenoxy) is 1. The van der Waals surface area contributed by atoms with Crippen molar-refractivity contribution in [2.45, 2.75) is 6.92 Å². The molecule has 5 nitrogen and oxygen atoms in total. The number of aromatic nitrogens is 3. The maximum Gasteiger partial charge on any atom is 0.291 e. The molecule has 4 aromatic rings. The lowest BCUT2D eigenvalue weighted by Crippen LogP contribution is -2.23. The van der Waals surface area contributed by atoms with Gasteiger partial charge >= 0.3 is 0 Å². The summed E-state index contributed by atoms with van der Waals surface area (Å²) in [6.07, 6.45) is 3.54. The molecule has 134 valence electrons. The molecule has 0 saturated carbocycles. The minimum atomic E-state index is -0.159. The first-order valence-corrected chi connectivity index (χ1v) is 9.28. The number of hydrogen-bond donors (Lipinski definition) is 0. The lowest BCUT2D eigenvalue weighted by atomic mass is 10.1. The fourth-order valence-corrected chi connectivity index (χ4v) is 3.61. The molecule has 0 bridgehead atoms. The first kappa shape index (κ1) is 17.2. The Bertz CT molecular complexity index is 1220. The molecule has 2 heterocycles. The molecule has 0 aliphatic heterocycles. The Hall–Kier alpha value is -3.25. The highest BCUT2D eigenvalue weighted by molar-refractivity contribution is 7.15. The van der Waals surface area contributed by atoms with Crippen molar-refractivity contribution in [3.05, 3.63) is 87.2 Å². The van der Waals surface area contributed by atoms with Crippen LogP contribution in [-0.4, -0.2) is 21.2 Å². The molecule has 2 aromatic carbocycles. The van der Waals surface area contributed by atoms with Gasteiger partial charge in [-0.15, -0.1) is 5.10 Å². The molecule has 0 spiro atoms. The third-order valence-corrected chi connectivity index (χ3v) is 4.96. The van der Waals surface area contributed by atoms with Crippen molar-refractivity contribution in [2.75, 3.05) is 6.61 Å². The molecule has 6 heteroatoms. The number of rotatable bonds is 5. The molecule has 0 aliphatic rings. The van der Waals surface area contributed by atoms with Gasteiger partial charge in [-0.3, -0.25) is 4.79 Å². The van der Waals surface area contributed by atoms with Gasteiger partial charge in [0.15, 0.2) is 5.82 Å². The molecule has 0 aliphatic carbocycles. The Labute approximate surface area is 159 Å². The minimum Gasteiger partial charge on any atom is -0.490 e. The van der Waals surface area contributed by atoms with E-state index in [0.29, 0.717) is 21.9 Å². The third-order valence-electron chi connectivity index (χ3n) is 4.00. The van der Waals surface area contributed by atoms with Crippen LogP contribution in [0.4, 0.5) is 0 Å². The number of aryl methyl sites for hydroxylation is 1. The van der Waals surface area contributed by atoms with Gasteiger partial charge in [0, 0.05) is 5.56 Å². The second kappa shape index (κ2) is 7.17. The maximum atomic E-state index is 12.7. The van der Waals surface area contributed by atoms with E-state index >= 15 is 0 Å². The second-order valence-electron chi connectivity index (χ2n) is 6.08. The van der Waals surface area contributed by atoms with Gasteiger partial charge in [0.05, 0.1) is 4.53 Å². The molecule has 0 fully saturated rings. The predicted octanol–water partition coefficient (Wildman–Crippen LogP) is 3.24. The highest BCUT2D eigenvalue weighted by Gasteiger charge is 2.12. The Morgan fingerprint density at radius 1 is 1.22 bits per heavy atom. The number of nitrogens with zero attached hydrogens (tertiary/aromatic N) is 3. The van der Waals surface area contributed by atoms with Crippen LogP contribution in [0.15, 0.2) is 66.0 Å². The van der Waals surface area contributed by atoms with E-state index in [1.54, 1.807) is 6.08 Å². The maximum absolute atomic E-state index is 12.7. The summed E-state index contributed by atoms with van der Waals surface area (Å²) >= 11 is 1.33. The zero-order valence-electron chi connectivity index (χ0n) is 14.8. The van der Waals surface area contributed by atoms with Crippen molar-refractivity contribution < 1.29 is 4.74 Å². The van der Waals surface area contributed by atoms with Gasteiger partial charge in [-0.2, -0.15) is 9.50 Å². The van der Waals surface area contributed by atoms with Crippen molar-refractivity contribution in [1.29, 1.82) is 0 Å². The third kappa shape index (κ3) is 3.52. The molecule has 0 atom stereocenters. The minimum absolute atomic E-state index is 0.159. The lowest BCUT2D eigenvalue weighted by Gasteiger charge is -2.02. The molecular weight excluding hydrogens is 358 g/mol. The molecule has 0 saturated heterocycles. The zero-order chi connectivity index (χ0) is 18.8. The molecule has 0 radical (unpaired) electrons. The van der Waals surface area contributed by atoms with Gasteiger partial charge in [0.25, 0.3) is 5.56 Å². The largest absolute Gasteiger partial charge is 0.490 e. The van der Waals surface area contributed by atoms with Gasteiger partial charge in [-0.1, -0.05) is 59.9 Å². The van der Waals surface area contributed by atoms with E-state index in [1.165, 1.54) is 15.9 Å². The molecule has 27 heavy (non-hydrogen) atoms. The summed E-state index contributed by atoms with van der Waals surface area (Å²) < 4.78 is 7.44. The van der Waals surface area contributed by atoms with E-state index in [9.17, 15) is 4.79 Å². The first-order chi connectivity index (χ1) is 13.1. The van der Waals surface area contributed by atoms with E-state index in [-0.39, 0.29) is 5.56 Å². The van der Waals surface area contributed by atoms with Crippen LogP contribution in [0.3, 0.4) is 0 Å². The lowest BCUT2D eigenvalue weighted by molar-refractivity contribution is 0.363. The summed E-state index contributed by atoms with van der Waals surface area (Å²) in [5, 5.41) is 4.39. The van der Waals surface area contributed by atoms with E-state index < -0.39 is 0 Å². The van der Waals surface area contributed by atoms with Crippen molar-refractivity contribution in [2.24, 2.45) is 0 Å². The smallest absolute Gasteiger partial charge is 0.291 e. The van der Waals surface area contributed by atoms with Crippen LogP contribution in [-0.2, 0) is 0 Å². The monoisotopic (exact) mass is 375 g/mol. The van der Waals surface area contributed by atoms with Crippen molar-refractivity contribution >= 4 is 22.4 Å². The van der Waals surface area contributed by atoms with Gasteiger partial charge < -0.3 is 4.74 Å². The normalized spacial score (nSPS) is 11.8. The van der Waals surface area contributed by atoms with Gasteiger partial charge in [-0.05, 0) is 36.8 Å². The molecule has 0 amide bonds. The molecular formula is C21H17N3O2S. The van der Waals surface area contributed by atoms with E-state index in [1.807, 2.05) is 61.5 Å². The average Bonchev–Trinajstić information content (AvgIpc) is 3.21. The van der Waals surface area contributed by atoms with Crippen molar-refractivity contribution in [3.63, 3.8) is 0 Å². The Balaban J connectivity index is 1.68. The topological polar surface area (TPSA) is 56.5 Å². The standard InChI is InChI=1S/C21H17N3O2S/c1-3-11-26-17-9-7-15(8-10-17)13-18-20(25)24-21(27-18)22-19(23-24)16-6-4-5-14(2)12-16/h3-10,12-13H,1,11H2,2H3. The van der Waals surface area contributed by atoms with Crippen LogP contribution in [0.1, 0.15) is 11.1 Å². The number of benzene rings is 2. The zero-order valence-corrected chi connectivity index (χ0v) is 15.6. The molecule has 0 unspecified atom stereocenters. The average molecular weight is 375 g/mol. The summed E-state index contributed by atoms with van der Waals surface area (Å²) in [6.45, 7) is 6.10. The van der Waals surface area contributed by atoms with E-state index in [0.717, 1.165) is 22.4 Å². The molecule has 4 rings (SSSR count). The Kier molecular flexibility index (Phi) is 4.56. The van der Waals surface area contributed by atoms with E-state index in [2.05, 4.69) is 16.7 Å². The van der Waals surface area contributed by atoms with Crippen LogP contribution in [0.2, 0.25) is 0 Å². The number of hydrogen-bond acceptors (Lipinski definition) is 5. The van der Waals surface area contributed by atoms with Gasteiger partial charge in [-0.25, -0.2) is 0 Å². The number of fused-ring (bicyclic) bond motifs is 1. The summed E-state index contributed by atoms with van der Waals surface area (Å²) in [4.78, 5) is 17.8. The first-order valence-electron chi connectivity index (χ1n) is 8.46. The van der Waals surface area contributed by atoms with Gasteiger partial charge in [0.2, 0.25) is 4.96 Å². The van der Waals surface area contributed by atoms with Crippen LogP contribution in [0.25, 0.3) is 22.4 Å². The highest BCUT2D eigenvalue weighted by atomic mass is 32.1. The van der Waals surface area contributed by atoms with Crippen molar-refractivity contribution in [3.8, 4) is 17.1 Å². The molecule has 0 N–H and O–H groups in total. The van der Waals surface area contributed by atoms with Gasteiger partial charge in [0.1, 0.15) is 12.4 Å². The Morgan fingerprint density at radius 2 is 2.04 bits per heavy atom. The van der Waals surface area contributed by atoms with Crippen LogP contribution in [0, 0.1) is 6.92 Å². The summed E-state index contributed by atoms with van der Waals surface area (Å²) in [6, 6.07) is 15.5. The fourth-order valence-electron chi connectivity index (χ4n) is 2.71. The van der Waals surface area contributed by atoms with Crippen LogP contribution >= 0.6 is 11.3 Å². The predicted molar refractivity (Wildman–Crippen MR) is 108 cm³/mol.